The molecule has 0 spiro atoms. The summed E-state index contributed by atoms with van der Waals surface area (Å²) in [6.45, 7) is 2.22. The van der Waals surface area contributed by atoms with Crippen LogP contribution in [0.2, 0.25) is 0 Å². The average molecular weight is 217 g/mol. The molecule has 0 amide bonds. The minimum Gasteiger partial charge on any atom is -0.294 e. The van der Waals surface area contributed by atoms with Gasteiger partial charge in [-0.2, -0.15) is 0 Å². The zero-order chi connectivity index (χ0) is 11.6. The van der Waals surface area contributed by atoms with Crippen LogP contribution in [0.4, 0.5) is 0 Å². The number of hydrogen-bond donors (Lipinski definition) is 0. The topological polar surface area (TPSA) is 17.1 Å². The molecule has 1 nitrogen and oxygen atoms in total. The first kappa shape index (κ1) is 13.0. The van der Waals surface area contributed by atoms with Gasteiger partial charge in [0.05, 0.1) is 0 Å². The molecule has 87 valence electrons. The second kappa shape index (κ2) is 8.09. The van der Waals surface area contributed by atoms with Gasteiger partial charge in [-0.3, -0.25) is 4.79 Å². The summed E-state index contributed by atoms with van der Waals surface area (Å²) in [7, 11) is 0. The van der Waals surface area contributed by atoms with Gasteiger partial charge in [-0.15, -0.1) is 0 Å². The van der Waals surface area contributed by atoms with Crippen LogP contribution in [-0.2, 0) is 0 Å². The van der Waals surface area contributed by atoms with Crippen molar-refractivity contribution in [2.24, 2.45) is 0 Å². The number of rotatable bonds is 8. The van der Waals surface area contributed by atoms with Crippen LogP contribution in [0.25, 0.3) is 0 Å². The zero-order valence-electron chi connectivity index (χ0n) is 10.2. The van der Waals surface area contributed by atoms with Crippen LogP contribution in [0.5, 0.6) is 0 Å². The van der Waals surface area contributed by atoms with Gasteiger partial charge in [0.1, 0.15) is 0 Å². The molecule has 0 aromatic heterocycles. The molecule has 1 radical (unpaired) electrons. The van der Waals surface area contributed by atoms with E-state index in [4.69, 9.17) is 0 Å². The second-order valence-corrected chi connectivity index (χ2v) is 4.23. The first-order valence-electron chi connectivity index (χ1n) is 6.34. The highest BCUT2D eigenvalue weighted by molar-refractivity contribution is 5.95. The molecule has 0 atom stereocenters. The fraction of sp³-hybridized carbons (Fsp3) is 0.533. The summed E-state index contributed by atoms with van der Waals surface area (Å²) in [5.41, 5.74) is 0.826. The van der Waals surface area contributed by atoms with Crippen molar-refractivity contribution in [3.8, 4) is 0 Å². The van der Waals surface area contributed by atoms with E-state index in [1.807, 2.05) is 12.1 Å². The number of carbonyl (C=O) groups is 1. The van der Waals surface area contributed by atoms with Crippen LogP contribution in [0.1, 0.15) is 62.2 Å². The van der Waals surface area contributed by atoms with E-state index in [0.717, 1.165) is 12.0 Å². The number of hydrogen-bond acceptors (Lipinski definition) is 1. The third-order valence-electron chi connectivity index (χ3n) is 2.80. The molecular formula is C15H21O. The van der Waals surface area contributed by atoms with Gasteiger partial charge in [0.15, 0.2) is 5.78 Å². The predicted molar refractivity (Wildman–Crippen MR) is 67.6 cm³/mol. The van der Waals surface area contributed by atoms with Crippen LogP contribution in [0, 0.1) is 6.07 Å². The highest BCUT2D eigenvalue weighted by Gasteiger charge is 2.03. The van der Waals surface area contributed by atoms with Gasteiger partial charge in [0, 0.05) is 12.0 Å². The largest absolute Gasteiger partial charge is 0.294 e. The molecule has 0 aliphatic rings. The molecule has 1 heteroatoms. The molecule has 0 saturated carbocycles. The summed E-state index contributed by atoms with van der Waals surface area (Å²) in [6, 6.07) is 10.2. The predicted octanol–water partition coefficient (Wildman–Crippen LogP) is 4.42. The number of Topliss-reactive ketones (excluding diaryl/α,β-unsaturated/α-hetero) is 1. The molecule has 0 aliphatic heterocycles. The Labute approximate surface area is 98.9 Å². The molecule has 0 unspecified atom stereocenters. The number of unbranched alkanes of at least 4 members (excludes halogenated alkanes) is 5. The summed E-state index contributed by atoms with van der Waals surface area (Å²) in [6.07, 6.45) is 8.08. The van der Waals surface area contributed by atoms with Crippen LogP contribution in [-0.4, -0.2) is 5.78 Å². The van der Waals surface area contributed by atoms with Gasteiger partial charge in [-0.1, -0.05) is 63.3 Å². The first-order valence-corrected chi connectivity index (χ1v) is 6.34. The lowest BCUT2D eigenvalue weighted by atomic mass is 10.0. The van der Waals surface area contributed by atoms with E-state index in [2.05, 4.69) is 13.0 Å². The molecule has 0 N–H and O–H groups in total. The smallest absolute Gasteiger partial charge is 0.162 e. The van der Waals surface area contributed by atoms with Crippen LogP contribution >= 0.6 is 0 Å². The fourth-order valence-electron chi connectivity index (χ4n) is 1.78. The van der Waals surface area contributed by atoms with Gasteiger partial charge in [0.25, 0.3) is 0 Å². The Balaban J connectivity index is 2.12. The van der Waals surface area contributed by atoms with Gasteiger partial charge in [-0.25, -0.2) is 0 Å². The quantitative estimate of drug-likeness (QED) is 0.465. The Bertz CT molecular complexity index is 290. The molecule has 16 heavy (non-hydrogen) atoms. The van der Waals surface area contributed by atoms with E-state index in [1.165, 1.54) is 32.1 Å². The summed E-state index contributed by atoms with van der Waals surface area (Å²) in [5, 5.41) is 0. The van der Waals surface area contributed by atoms with E-state index in [0.29, 0.717) is 6.42 Å². The Morgan fingerprint density at radius 1 is 1.06 bits per heavy atom. The Morgan fingerprint density at radius 3 is 2.38 bits per heavy atom. The Hall–Kier alpha value is -1.11. The zero-order valence-corrected chi connectivity index (χ0v) is 10.2. The molecule has 0 saturated heterocycles. The average Bonchev–Trinajstić information content (AvgIpc) is 2.34. The Kier molecular flexibility index (Phi) is 6.55. The van der Waals surface area contributed by atoms with E-state index in [-0.39, 0.29) is 5.78 Å². The molecule has 1 aromatic carbocycles. The van der Waals surface area contributed by atoms with Crippen LogP contribution in [0.3, 0.4) is 0 Å². The summed E-state index contributed by atoms with van der Waals surface area (Å²) < 4.78 is 0. The van der Waals surface area contributed by atoms with Crippen molar-refractivity contribution in [3.05, 3.63) is 35.9 Å². The third-order valence-corrected chi connectivity index (χ3v) is 2.80. The molecule has 0 heterocycles. The van der Waals surface area contributed by atoms with E-state index in [9.17, 15) is 4.79 Å². The normalized spacial score (nSPS) is 10.3. The third kappa shape index (κ3) is 5.11. The van der Waals surface area contributed by atoms with Crippen molar-refractivity contribution in [2.75, 3.05) is 0 Å². The summed E-state index contributed by atoms with van der Waals surface area (Å²) in [5.74, 6) is 0.268. The van der Waals surface area contributed by atoms with Gasteiger partial charge in [0.2, 0.25) is 0 Å². The monoisotopic (exact) mass is 217 g/mol. The molecule has 1 rings (SSSR count). The van der Waals surface area contributed by atoms with Crippen LogP contribution < -0.4 is 0 Å². The number of carbonyl (C=O) groups excluding carboxylic acids is 1. The molecular weight excluding hydrogens is 196 g/mol. The summed E-state index contributed by atoms with van der Waals surface area (Å²) >= 11 is 0. The lowest BCUT2D eigenvalue weighted by Gasteiger charge is -2.01. The van der Waals surface area contributed by atoms with E-state index in [1.54, 1.807) is 12.1 Å². The number of ketones is 1. The maximum absolute atomic E-state index is 11.7. The maximum atomic E-state index is 11.7. The molecule has 0 fully saturated rings. The van der Waals surface area contributed by atoms with Crippen molar-refractivity contribution >= 4 is 5.78 Å². The van der Waals surface area contributed by atoms with Crippen molar-refractivity contribution in [1.29, 1.82) is 0 Å². The Morgan fingerprint density at radius 2 is 1.69 bits per heavy atom. The van der Waals surface area contributed by atoms with Crippen LogP contribution in [0.15, 0.2) is 24.3 Å². The fourth-order valence-corrected chi connectivity index (χ4v) is 1.78. The van der Waals surface area contributed by atoms with Gasteiger partial charge >= 0.3 is 0 Å². The minimum atomic E-state index is 0.268. The molecule has 0 aliphatic carbocycles. The van der Waals surface area contributed by atoms with E-state index < -0.39 is 0 Å². The highest BCUT2D eigenvalue weighted by atomic mass is 16.1. The number of benzene rings is 1. The van der Waals surface area contributed by atoms with E-state index >= 15 is 0 Å². The lowest BCUT2D eigenvalue weighted by Crippen LogP contribution is -1.98. The maximum Gasteiger partial charge on any atom is 0.162 e. The SMILES string of the molecule is CCCCCCCCC(=O)c1cc[c]cc1. The first-order chi connectivity index (χ1) is 7.84. The molecule has 0 bridgehead atoms. The van der Waals surface area contributed by atoms with Crippen molar-refractivity contribution in [2.45, 2.75) is 51.9 Å². The lowest BCUT2D eigenvalue weighted by molar-refractivity contribution is 0.0979. The van der Waals surface area contributed by atoms with Gasteiger partial charge in [-0.05, 0) is 12.5 Å². The van der Waals surface area contributed by atoms with Crippen molar-refractivity contribution in [3.63, 3.8) is 0 Å². The minimum absolute atomic E-state index is 0.268. The van der Waals surface area contributed by atoms with Gasteiger partial charge < -0.3 is 0 Å². The highest BCUT2D eigenvalue weighted by Crippen LogP contribution is 2.10. The standard InChI is InChI=1S/C15H21O/c1-2-3-4-5-6-10-13-15(16)14-11-8-7-9-12-14/h8-9,11-12H,2-6,10,13H2,1H3. The van der Waals surface area contributed by atoms with Crippen molar-refractivity contribution < 1.29 is 4.79 Å². The van der Waals surface area contributed by atoms with Crippen molar-refractivity contribution in [1.82, 2.24) is 0 Å². The summed E-state index contributed by atoms with van der Waals surface area (Å²) in [4.78, 5) is 11.7. The second-order valence-electron chi connectivity index (χ2n) is 4.23. The molecule has 1 aromatic rings.